The summed E-state index contributed by atoms with van der Waals surface area (Å²) in [6, 6.07) is 5.29. The largest absolute Gasteiger partial charge is 0.461 e. The van der Waals surface area contributed by atoms with E-state index >= 15 is 0 Å². The normalized spacial score (nSPS) is 12.3. The molecule has 0 unspecified atom stereocenters. The van der Waals surface area contributed by atoms with E-state index in [4.69, 9.17) is 0 Å². The van der Waals surface area contributed by atoms with Gasteiger partial charge in [-0.05, 0) is 31.5 Å². The van der Waals surface area contributed by atoms with Crippen molar-refractivity contribution in [3.63, 3.8) is 0 Å². The summed E-state index contributed by atoms with van der Waals surface area (Å²) in [5, 5.41) is 11.7. The summed E-state index contributed by atoms with van der Waals surface area (Å²) in [6.07, 6.45) is -7.10. The third kappa shape index (κ3) is 3.60. The van der Waals surface area contributed by atoms with E-state index in [9.17, 15) is 17.6 Å². The van der Waals surface area contributed by atoms with E-state index in [0.717, 1.165) is 6.07 Å². The number of hydrogen-bond acceptors (Lipinski definition) is 4. The lowest BCUT2D eigenvalue weighted by Crippen LogP contribution is -2.33. The van der Waals surface area contributed by atoms with Crippen LogP contribution in [0.1, 0.15) is 17.2 Å². The first-order chi connectivity index (χ1) is 10.3. The molecular weight excluding hydrogens is 304 g/mol. The van der Waals surface area contributed by atoms with Crippen molar-refractivity contribution in [2.45, 2.75) is 26.4 Å². The Labute approximate surface area is 123 Å². The molecule has 0 fully saturated rings. The maximum Gasteiger partial charge on any atom is 0.461 e. The zero-order chi connectivity index (χ0) is 16.3. The quantitative estimate of drug-likeness (QED) is 0.629. The third-order valence-electron chi connectivity index (χ3n) is 2.64. The van der Waals surface area contributed by atoms with E-state index in [0.29, 0.717) is 17.2 Å². The fraction of sp³-hybridized carbons (Fsp3) is 0.308. The van der Waals surface area contributed by atoms with Crippen LogP contribution in [0.15, 0.2) is 29.4 Å². The van der Waals surface area contributed by atoms with Gasteiger partial charge in [-0.1, -0.05) is 12.1 Å². The number of aryl methyl sites for hydroxylation is 2. The number of benzene rings is 1. The zero-order valence-electron chi connectivity index (χ0n) is 11.7. The number of hydrogen-bond donors (Lipinski definition) is 0. The molecule has 0 amide bonds. The van der Waals surface area contributed by atoms with Crippen LogP contribution in [-0.4, -0.2) is 33.6 Å². The molecule has 0 spiro atoms. The Bertz CT molecular complexity index is 665. The molecule has 1 aromatic heterocycles. The number of halogens is 4. The number of rotatable bonds is 5. The second kappa shape index (κ2) is 6.12. The van der Waals surface area contributed by atoms with Crippen LogP contribution in [0, 0.1) is 13.8 Å². The molecule has 0 saturated carbocycles. The Kier molecular flexibility index (Phi) is 4.43. The highest BCUT2D eigenvalue weighted by Crippen LogP contribution is 2.27. The van der Waals surface area contributed by atoms with Gasteiger partial charge in [0.2, 0.25) is 0 Å². The van der Waals surface area contributed by atoms with Crippen molar-refractivity contribution in [2.75, 3.05) is 0 Å². The van der Waals surface area contributed by atoms with Crippen LogP contribution in [0.25, 0.3) is 0 Å². The molecule has 0 aliphatic carbocycles. The molecule has 0 N–H and O–H groups in total. The SMILES string of the molecule is Cc1nnc(C)n1/N=C\c1cccc(OC(F)(F)C(F)F)c1. The van der Waals surface area contributed by atoms with Gasteiger partial charge in [0.05, 0.1) is 6.21 Å². The smallest absolute Gasteiger partial charge is 0.428 e. The second-order valence-corrected chi connectivity index (χ2v) is 4.39. The van der Waals surface area contributed by atoms with Gasteiger partial charge in [-0.15, -0.1) is 10.2 Å². The van der Waals surface area contributed by atoms with Crippen molar-refractivity contribution >= 4 is 6.21 Å². The predicted octanol–water partition coefficient (Wildman–Crippen LogP) is 3.01. The average molecular weight is 316 g/mol. The molecule has 118 valence electrons. The molecule has 1 heterocycles. The van der Waals surface area contributed by atoms with Gasteiger partial charge >= 0.3 is 12.5 Å². The minimum atomic E-state index is -4.54. The summed E-state index contributed by atoms with van der Waals surface area (Å²) in [6.45, 7) is 3.39. The van der Waals surface area contributed by atoms with E-state index in [1.165, 1.54) is 23.0 Å². The molecule has 0 bridgehead atoms. The first kappa shape index (κ1) is 15.9. The van der Waals surface area contributed by atoms with Crippen LogP contribution >= 0.6 is 0 Å². The highest BCUT2D eigenvalue weighted by molar-refractivity contribution is 5.80. The molecule has 5 nitrogen and oxygen atoms in total. The lowest BCUT2D eigenvalue weighted by Gasteiger charge is -2.16. The van der Waals surface area contributed by atoms with Gasteiger partial charge in [-0.3, -0.25) is 0 Å². The Morgan fingerprint density at radius 1 is 1.23 bits per heavy atom. The molecular formula is C13H12F4N4O. The van der Waals surface area contributed by atoms with Crippen molar-refractivity contribution in [1.82, 2.24) is 14.9 Å². The van der Waals surface area contributed by atoms with Crippen LogP contribution in [0.3, 0.4) is 0 Å². The van der Waals surface area contributed by atoms with Gasteiger partial charge in [0, 0.05) is 0 Å². The molecule has 9 heteroatoms. The molecule has 1 aromatic carbocycles. The molecule has 0 radical (unpaired) electrons. The Morgan fingerprint density at radius 3 is 2.45 bits per heavy atom. The Morgan fingerprint density at radius 2 is 1.86 bits per heavy atom. The zero-order valence-corrected chi connectivity index (χ0v) is 11.7. The second-order valence-electron chi connectivity index (χ2n) is 4.39. The van der Waals surface area contributed by atoms with E-state index in [1.54, 1.807) is 19.9 Å². The summed E-state index contributed by atoms with van der Waals surface area (Å²) < 4.78 is 55.4. The highest BCUT2D eigenvalue weighted by Gasteiger charge is 2.43. The maximum absolute atomic E-state index is 12.9. The molecule has 0 aliphatic heterocycles. The third-order valence-corrected chi connectivity index (χ3v) is 2.64. The number of alkyl halides is 4. The van der Waals surface area contributed by atoms with Crippen molar-refractivity contribution in [2.24, 2.45) is 5.10 Å². The summed E-state index contributed by atoms with van der Waals surface area (Å²) in [7, 11) is 0. The van der Waals surface area contributed by atoms with Crippen LogP contribution in [0.4, 0.5) is 17.6 Å². The van der Waals surface area contributed by atoms with E-state index in [1.807, 2.05) is 0 Å². The summed E-state index contributed by atoms with van der Waals surface area (Å²) in [4.78, 5) is 0. The van der Waals surface area contributed by atoms with Gasteiger partial charge < -0.3 is 4.74 Å². The monoisotopic (exact) mass is 316 g/mol. The van der Waals surface area contributed by atoms with Crippen LogP contribution in [0.2, 0.25) is 0 Å². The van der Waals surface area contributed by atoms with Gasteiger partial charge in [-0.2, -0.15) is 22.7 Å². The van der Waals surface area contributed by atoms with E-state index < -0.39 is 12.5 Å². The van der Waals surface area contributed by atoms with Crippen molar-refractivity contribution in [3.8, 4) is 5.75 Å². The number of nitrogens with zero attached hydrogens (tertiary/aromatic N) is 4. The molecule has 2 aromatic rings. The Hall–Kier alpha value is -2.45. The summed E-state index contributed by atoms with van der Waals surface area (Å²) in [5.41, 5.74) is 0.398. The van der Waals surface area contributed by atoms with Crippen molar-refractivity contribution in [1.29, 1.82) is 0 Å². The topological polar surface area (TPSA) is 52.3 Å². The molecule has 2 rings (SSSR count). The average Bonchev–Trinajstić information content (AvgIpc) is 2.75. The van der Waals surface area contributed by atoms with Crippen LogP contribution in [0.5, 0.6) is 5.75 Å². The summed E-state index contributed by atoms with van der Waals surface area (Å²) >= 11 is 0. The lowest BCUT2D eigenvalue weighted by molar-refractivity contribution is -0.253. The van der Waals surface area contributed by atoms with Gasteiger partial charge in [-0.25, -0.2) is 4.68 Å². The first-order valence-electron chi connectivity index (χ1n) is 6.17. The van der Waals surface area contributed by atoms with E-state index in [2.05, 4.69) is 20.0 Å². The predicted molar refractivity (Wildman–Crippen MR) is 70.5 cm³/mol. The fourth-order valence-corrected chi connectivity index (χ4v) is 1.62. The maximum atomic E-state index is 12.9. The minimum absolute atomic E-state index is 0.383. The van der Waals surface area contributed by atoms with Gasteiger partial charge in [0.1, 0.15) is 5.75 Å². The van der Waals surface area contributed by atoms with E-state index in [-0.39, 0.29) is 5.75 Å². The standard InChI is InChI=1S/C13H12F4N4O/c1-8-19-20-9(2)21(8)18-7-10-4-3-5-11(6-10)22-13(16,17)12(14)15/h3-7,12H,1-2H3/b18-7-. The molecule has 22 heavy (non-hydrogen) atoms. The number of ether oxygens (including phenoxy) is 1. The fourth-order valence-electron chi connectivity index (χ4n) is 1.62. The first-order valence-corrected chi connectivity index (χ1v) is 6.17. The number of aromatic nitrogens is 3. The lowest BCUT2D eigenvalue weighted by atomic mass is 10.2. The van der Waals surface area contributed by atoms with Crippen LogP contribution < -0.4 is 4.74 Å². The van der Waals surface area contributed by atoms with Crippen LogP contribution in [-0.2, 0) is 0 Å². The van der Waals surface area contributed by atoms with Gasteiger partial charge in [0.25, 0.3) is 0 Å². The molecule has 0 saturated heterocycles. The summed E-state index contributed by atoms with van der Waals surface area (Å²) in [5.74, 6) is 0.710. The van der Waals surface area contributed by atoms with Gasteiger partial charge in [0.15, 0.2) is 11.6 Å². The Balaban J connectivity index is 2.19. The molecule has 0 aliphatic rings. The molecule has 0 atom stereocenters. The minimum Gasteiger partial charge on any atom is -0.428 e. The van der Waals surface area contributed by atoms with Crippen molar-refractivity contribution in [3.05, 3.63) is 41.5 Å². The highest BCUT2D eigenvalue weighted by atomic mass is 19.3. The van der Waals surface area contributed by atoms with Crippen molar-refractivity contribution < 1.29 is 22.3 Å².